The minimum Gasteiger partial charge on any atom is -0.455 e. The quantitative estimate of drug-likeness (QED) is 0.498. The van der Waals surface area contributed by atoms with Gasteiger partial charge in [0.2, 0.25) is 0 Å². The van der Waals surface area contributed by atoms with Crippen LogP contribution in [0.5, 0.6) is 0 Å². The molecule has 1 nitrogen and oxygen atoms in total. The predicted octanol–water partition coefficient (Wildman–Crippen LogP) is 3.49. The molecule has 1 rings (SSSR count). The molecule has 0 amide bonds. The fourth-order valence-electron chi connectivity index (χ4n) is 0.932. The second kappa shape index (κ2) is 11.5. The maximum atomic E-state index is 4.93. The molecule has 0 spiro atoms. The van der Waals surface area contributed by atoms with E-state index < -0.39 is 0 Å². The third-order valence-electron chi connectivity index (χ3n) is 1.77. The number of aryl methyl sites for hydroxylation is 2. The average molecular weight is 290 g/mol. The summed E-state index contributed by atoms with van der Waals surface area (Å²) < 4.78 is 0. The number of hydrogen-bond donors (Lipinski definition) is 1. The molecular formula is C13H19NRu. The number of rotatable bonds is 3. The number of nitrogens with one attached hydrogen (secondary N) is 1. The Morgan fingerprint density at radius 2 is 2.07 bits per heavy atom. The second-order valence-corrected chi connectivity index (χ2v) is 2.84. The largest absolute Gasteiger partial charge is 2.00 e. The molecule has 0 fully saturated rings. The molecule has 1 aromatic rings. The first-order chi connectivity index (χ1) is 6.78. The van der Waals surface area contributed by atoms with Crippen LogP contribution in [0.15, 0.2) is 24.3 Å². The second-order valence-electron chi connectivity index (χ2n) is 2.84. The van der Waals surface area contributed by atoms with Gasteiger partial charge in [-0.05, 0) is 6.42 Å². The molecule has 0 aromatic carbocycles. The van der Waals surface area contributed by atoms with Crippen LogP contribution in [0.4, 0.5) is 0 Å². The Labute approximate surface area is 106 Å². The SMILES string of the molecule is CCc1[c-]cc(CC)[nH]1.[CH-]=CC=CC.[Ru+2]. The van der Waals surface area contributed by atoms with Crippen molar-refractivity contribution >= 4 is 0 Å². The Kier molecular flexibility index (Phi) is 12.8. The first-order valence-electron chi connectivity index (χ1n) is 5.03. The van der Waals surface area contributed by atoms with E-state index in [9.17, 15) is 0 Å². The van der Waals surface area contributed by atoms with Crippen LogP contribution in [0.1, 0.15) is 32.2 Å². The van der Waals surface area contributed by atoms with Crippen LogP contribution in [0.2, 0.25) is 0 Å². The van der Waals surface area contributed by atoms with Crippen molar-refractivity contribution in [3.8, 4) is 0 Å². The van der Waals surface area contributed by atoms with Crippen molar-refractivity contribution in [2.24, 2.45) is 0 Å². The normalized spacial score (nSPS) is 9.00. The Morgan fingerprint density at radius 3 is 2.27 bits per heavy atom. The van der Waals surface area contributed by atoms with Crippen molar-refractivity contribution < 1.29 is 19.5 Å². The van der Waals surface area contributed by atoms with E-state index in [0.717, 1.165) is 12.8 Å². The van der Waals surface area contributed by atoms with E-state index in [2.05, 4.69) is 24.9 Å². The van der Waals surface area contributed by atoms with E-state index in [4.69, 9.17) is 6.58 Å². The van der Waals surface area contributed by atoms with Crippen molar-refractivity contribution in [2.75, 3.05) is 0 Å². The number of H-pyrrole nitrogens is 1. The molecule has 2 heteroatoms. The summed E-state index contributed by atoms with van der Waals surface area (Å²) in [4.78, 5) is 3.26. The van der Waals surface area contributed by atoms with Gasteiger partial charge in [-0.2, -0.15) is 6.08 Å². The van der Waals surface area contributed by atoms with Crippen LogP contribution < -0.4 is 0 Å². The number of aromatic nitrogens is 1. The molecule has 0 aliphatic rings. The molecule has 0 saturated heterocycles. The van der Waals surface area contributed by atoms with Gasteiger partial charge in [-0.3, -0.25) is 6.58 Å². The van der Waals surface area contributed by atoms with Gasteiger partial charge in [0.1, 0.15) is 0 Å². The van der Waals surface area contributed by atoms with Crippen LogP contribution >= 0.6 is 0 Å². The molecule has 0 unspecified atom stereocenters. The first-order valence-corrected chi connectivity index (χ1v) is 5.03. The van der Waals surface area contributed by atoms with Crippen molar-refractivity contribution in [1.29, 1.82) is 0 Å². The molecule has 1 aromatic heterocycles. The van der Waals surface area contributed by atoms with Crippen LogP contribution in [0.3, 0.4) is 0 Å². The van der Waals surface area contributed by atoms with Crippen molar-refractivity contribution in [2.45, 2.75) is 33.6 Å². The predicted molar refractivity (Wildman–Crippen MR) is 62.1 cm³/mol. The molecule has 15 heavy (non-hydrogen) atoms. The molecule has 0 radical (unpaired) electrons. The third kappa shape index (κ3) is 8.38. The van der Waals surface area contributed by atoms with Gasteiger partial charge < -0.3 is 4.98 Å². The molecule has 0 saturated carbocycles. The van der Waals surface area contributed by atoms with E-state index >= 15 is 0 Å². The van der Waals surface area contributed by atoms with E-state index in [1.807, 2.05) is 19.1 Å². The van der Waals surface area contributed by atoms with Crippen LogP contribution in [-0.2, 0) is 32.3 Å². The van der Waals surface area contributed by atoms with Crippen LogP contribution in [0.25, 0.3) is 0 Å². The van der Waals surface area contributed by atoms with Gasteiger partial charge in [0.15, 0.2) is 0 Å². The standard InChI is InChI=1S/C8H12N.C5H7.Ru/c1-3-7-5-6-8(4-2)9-7;1-3-5-4-2;/h5,9H,3-4H2,1-2H3;1,3-5H,2H3;/q2*-1;+2. The zero-order valence-corrected chi connectivity index (χ0v) is 11.4. The number of hydrogen-bond acceptors (Lipinski definition) is 0. The summed E-state index contributed by atoms with van der Waals surface area (Å²) in [7, 11) is 0. The summed E-state index contributed by atoms with van der Waals surface area (Å²) in [5, 5.41) is 0. The molecular weight excluding hydrogens is 271 g/mol. The Hall–Kier alpha value is -0.617. The smallest absolute Gasteiger partial charge is 0.455 e. The van der Waals surface area contributed by atoms with E-state index in [1.54, 1.807) is 6.08 Å². The monoisotopic (exact) mass is 291 g/mol. The minimum atomic E-state index is 0. The van der Waals surface area contributed by atoms with Gasteiger partial charge in [-0.15, -0.1) is 5.69 Å². The topological polar surface area (TPSA) is 15.8 Å². The fraction of sp³-hybridized carbons (Fsp3) is 0.385. The maximum absolute atomic E-state index is 4.93. The van der Waals surface area contributed by atoms with Gasteiger partial charge in [-0.1, -0.05) is 32.9 Å². The van der Waals surface area contributed by atoms with Gasteiger partial charge in [0, 0.05) is 0 Å². The minimum absolute atomic E-state index is 0. The van der Waals surface area contributed by atoms with Gasteiger partial charge >= 0.3 is 19.5 Å². The molecule has 0 aliphatic heterocycles. The summed E-state index contributed by atoms with van der Waals surface area (Å²) in [5.41, 5.74) is 2.50. The molecule has 1 heterocycles. The Morgan fingerprint density at radius 1 is 1.40 bits per heavy atom. The Bertz CT molecular complexity index is 255. The molecule has 84 valence electrons. The number of allylic oxidation sites excluding steroid dienone is 3. The first kappa shape index (κ1) is 16.8. The summed E-state index contributed by atoms with van der Waals surface area (Å²) in [6.45, 7) is 11.1. The molecule has 0 atom stereocenters. The van der Waals surface area contributed by atoms with E-state index in [-0.39, 0.29) is 19.5 Å². The van der Waals surface area contributed by atoms with E-state index in [1.165, 1.54) is 17.5 Å². The average Bonchev–Trinajstić information content (AvgIpc) is 2.67. The summed E-state index contributed by atoms with van der Waals surface area (Å²) in [5.74, 6) is 0. The summed E-state index contributed by atoms with van der Waals surface area (Å²) in [6.07, 6.45) is 7.29. The van der Waals surface area contributed by atoms with Gasteiger partial charge in [0.25, 0.3) is 0 Å². The fourth-order valence-corrected chi connectivity index (χ4v) is 0.932. The molecule has 0 bridgehead atoms. The summed E-state index contributed by atoms with van der Waals surface area (Å²) >= 11 is 0. The van der Waals surface area contributed by atoms with Gasteiger partial charge in [0.05, 0.1) is 0 Å². The summed E-state index contributed by atoms with van der Waals surface area (Å²) in [6, 6.07) is 5.18. The third-order valence-corrected chi connectivity index (χ3v) is 1.77. The van der Waals surface area contributed by atoms with Gasteiger partial charge in [-0.25, -0.2) is 24.3 Å². The van der Waals surface area contributed by atoms with E-state index in [0.29, 0.717) is 0 Å². The van der Waals surface area contributed by atoms with Crippen molar-refractivity contribution in [3.63, 3.8) is 0 Å². The zero-order valence-electron chi connectivity index (χ0n) is 9.65. The Balaban J connectivity index is 0. The van der Waals surface area contributed by atoms with Crippen molar-refractivity contribution in [1.82, 2.24) is 4.98 Å². The zero-order chi connectivity index (χ0) is 10.8. The molecule has 0 aliphatic carbocycles. The number of aromatic amines is 1. The van der Waals surface area contributed by atoms with Crippen LogP contribution in [0, 0.1) is 12.6 Å². The maximum Gasteiger partial charge on any atom is 2.00 e. The van der Waals surface area contributed by atoms with Crippen molar-refractivity contribution in [3.05, 3.63) is 48.3 Å². The van der Waals surface area contributed by atoms with Crippen LogP contribution in [-0.4, -0.2) is 4.98 Å². The molecule has 1 N–H and O–H groups in total.